The van der Waals surface area contributed by atoms with Crippen LogP contribution in [0.5, 0.6) is 0 Å². The van der Waals surface area contributed by atoms with Gasteiger partial charge in [0.2, 0.25) is 23.6 Å². The summed E-state index contributed by atoms with van der Waals surface area (Å²) >= 11 is 0. The molecule has 0 aromatic heterocycles. The number of unbranched alkanes of at least 4 members (excludes halogenated alkanes) is 2. The van der Waals surface area contributed by atoms with Crippen molar-refractivity contribution in [1.82, 2.24) is 16.1 Å². The van der Waals surface area contributed by atoms with Crippen LogP contribution in [0, 0.1) is 0 Å². The molecule has 2 atom stereocenters. The quantitative estimate of drug-likeness (QED) is 0.207. The minimum Gasteiger partial charge on any atom is -0.344 e. The molecule has 4 amide bonds. The van der Waals surface area contributed by atoms with Gasteiger partial charge in [-0.25, -0.2) is 5.48 Å². The minimum atomic E-state index is -4.57. The predicted octanol–water partition coefficient (Wildman–Crippen LogP) is 1.86. The van der Waals surface area contributed by atoms with Gasteiger partial charge in [-0.3, -0.25) is 24.4 Å². The zero-order chi connectivity index (χ0) is 23.7. The van der Waals surface area contributed by atoms with Gasteiger partial charge in [0.05, 0.1) is 5.56 Å². The number of alkyl halides is 3. The number of hydroxylamine groups is 1. The molecule has 0 saturated carbocycles. The zero-order valence-electron chi connectivity index (χ0n) is 17.1. The Morgan fingerprint density at radius 1 is 1.19 bits per heavy atom. The van der Waals surface area contributed by atoms with E-state index in [0.717, 1.165) is 18.2 Å². The Balaban J connectivity index is 2.01. The second-order valence-electron chi connectivity index (χ2n) is 7.42. The number of hydrogen-bond acceptors (Lipinski definition) is 5. The first-order valence-electron chi connectivity index (χ1n) is 10.1. The summed E-state index contributed by atoms with van der Waals surface area (Å²) in [5.41, 5.74) is 0.516. The van der Waals surface area contributed by atoms with Gasteiger partial charge in [-0.2, -0.15) is 13.2 Å². The maximum absolute atomic E-state index is 12.9. The van der Waals surface area contributed by atoms with E-state index < -0.39 is 41.5 Å². The molecule has 9 nitrogen and oxygen atoms in total. The summed E-state index contributed by atoms with van der Waals surface area (Å²) in [5, 5.41) is 15.9. The number of nitrogens with one attached hydrogen (secondary N) is 4. The molecular weight excluding hydrogens is 433 g/mol. The molecule has 0 bridgehead atoms. The van der Waals surface area contributed by atoms with Gasteiger partial charge in [-0.1, -0.05) is 18.9 Å². The lowest BCUT2D eigenvalue weighted by Crippen LogP contribution is -2.50. The number of hydrogen-bond donors (Lipinski definition) is 5. The molecule has 176 valence electrons. The van der Waals surface area contributed by atoms with E-state index in [-0.39, 0.29) is 37.3 Å². The molecule has 1 aromatic rings. The van der Waals surface area contributed by atoms with Gasteiger partial charge in [0, 0.05) is 18.5 Å². The van der Waals surface area contributed by atoms with E-state index >= 15 is 0 Å². The van der Waals surface area contributed by atoms with Crippen LogP contribution >= 0.6 is 0 Å². The molecule has 1 fully saturated rings. The summed E-state index contributed by atoms with van der Waals surface area (Å²) in [4.78, 5) is 47.5. The standard InChI is InChI=1S/C20H25F3N4O5/c21-20(22,23)12-5-4-6-13(11-12)24-18(30)14(7-2-1-3-8-17(29)27-32)26-19(31)15-9-10-16(28)25-15/h4-6,11,14-15,32H,1-3,7-10H2,(H,24,30)(H,25,28)(H,26,31)(H,27,29)/t14-,15-/m0/s1. The SMILES string of the molecule is O=C(CCCCC[C@H](NC(=O)[C@@H]1CCC(=O)N1)C(=O)Nc1cccc(C(F)(F)F)c1)NO. The predicted molar refractivity (Wildman–Crippen MR) is 106 cm³/mol. The third-order valence-electron chi connectivity index (χ3n) is 4.92. The molecule has 12 heteroatoms. The number of anilines is 1. The van der Waals surface area contributed by atoms with Crippen molar-refractivity contribution >= 4 is 29.3 Å². The molecule has 1 aliphatic heterocycles. The molecule has 1 heterocycles. The van der Waals surface area contributed by atoms with Crippen LogP contribution in [0.4, 0.5) is 18.9 Å². The molecular formula is C20H25F3N4O5. The Morgan fingerprint density at radius 3 is 2.56 bits per heavy atom. The van der Waals surface area contributed by atoms with Crippen LogP contribution < -0.4 is 21.4 Å². The van der Waals surface area contributed by atoms with Crippen LogP contribution in [0.3, 0.4) is 0 Å². The first kappa shape index (κ1) is 25.1. The van der Waals surface area contributed by atoms with Crippen molar-refractivity contribution in [1.29, 1.82) is 0 Å². The maximum Gasteiger partial charge on any atom is 0.416 e. The summed E-state index contributed by atoms with van der Waals surface area (Å²) in [5.74, 6) is -2.08. The van der Waals surface area contributed by atoms with Crippen molar-refractivity contribution < 1.29 is 37.6 Å². The lowest BCUT2D eigenvalue weighted by Gasteiger charge is -2.21. The number of benzene rings is 1. The highest BCUT2D eigenvalue weighted by Gasteiger charge is 2.32. The third kappa shape index (κ3) is 7.84. The Labute approximate surface area is 182 Å². The fraction of sp³-hybridized carbons (Fsp3) is 0.500. The lowest BCUT2D eigenvalue weighted by atomic mass is 10.0. The van der Waals surface area contributed by atoms with Crippen LogP contribution in [0.2, 0.25) is 0 Å². The molecule has 32 heavy (non-hydrogen) atoms. The summed E-state index contributed by atoms with van der Waals surface area (Å²) in [7, 11) is 0. The number of carbonyl (C=O) groups excluding carboxylic acids is 4. The van der Waals surface area contributed by atoms with Gasteiger partial charge < -0.3 is 16.0 Å². The Morgan fingerprint density at radius 2 is 1.94 bits per heavy atom. The molecule has 1 aliphatic rings. The van der Waals surface area contributed by atoms with Crippen LogP contribution in [-0.2, 0) is 25.4 Å². The summed E-state index contributed by atoms with van der Waals surface area (Å²) in [6, 6.07) is 2.30. The van der Waals surface area contributed by atoms with Crippen molar-refractivity contribution in [2.75, 3.05) is 5.32 Å². The van der Waals surface area contributed by atoms with Crippen LogP contribution in [0.15, 0.2) is 24.3 Å². The Hall–Kier alpha value is -3.15. The average Bonchev–Trinajstić information content (AvgIpc) is 3.18. The number of amides is 4. The summed E-state index contributed by atoms with van der Waals surface area (Å²) in [6.45, 7) is 0. The van der Waals surface area contributed by atoms with Gasteiger partial charge in [0.1, 0.15) is 12.1 Å². The van der Waals surface area contributed by atoms with Gasteiger partial charge in [-0.05, 0) is 37.5 Å². The Bertz CT molecular complexity index is 847. The largest absolute Gasteiger partial charge is 0.416 e. The van der Waals surface area contributed by atoms with Gasteiger partial charge in [0.15, 0.2) is 0 Å². The number of carbonyl (C=O) groups is 4. The van der Waals surface area contributed by atoms with E-state index in [1.165, 1.54) is 11.5 Å². The molecule has 0 aliphatic carbocycles. The molecule has 1 saturated heterocycles. The highest BCUT2D eigenvalue weighted by molar-refractivity contribution is 5.99. The van der Waals surface area contributed by atoms with Gasteiger partial charge in [-0.15, -0.1) is 0 Å². The van der Waals surface area contributed by atoms with Crippen LogP contribution in [0.1, 0.15) is 50.5 Å². The second-order valence-corrected chi connectivity index (χ2v) is 7.42. The summed E-state index contributed by atoms with van der Waals surface area (Å²) in [6.07, 6.45) is -2.49. The molecule has 0 spiro atoms. The molecule has 2 rings (SSSR count). The van der Waals surface area contributed by atoms with E-state index in [2.05, 4.69) is 16.0 Å². The highest BCUT2D eigenvalue weighted by atomic mass is 19.4. The van der Waals surface area contributed by atoms with Crippen molar-refractivity contribution in [3.05, 3.63) is 29.8 Å². The second kappa shape index (κ2) is 11.5. The van der Waals surface area contributed by atoms with Crippen molar-refractivity contribution in [2.24, 2.45) is 0 Å². The zero-order valence-corrected chi connectivity index (χ0v) is 17.1. The molecule has 0 unspecified atom stereocenters. The first-order valence-corrected chi connectivity index (χ1v) is 10.1. The van der Waals surface area contributed by atoms with Crippen molar-refractivity contribution in [2.45, 2.75) is 63.2 Å². The maximum atomic E-state index is 12.9. The molecule has 0 radical (unpaired) electrons. The minimum absolute atomic E-state index is 0.0714. The van der Waals surface area contributed by atoms with Gasteiger partial charge >= 0.3 is 6.18 Å². The van der Waals surface area contributed by atoms with Crippen LogP contribution in [-0.4, -0.2) is 40.9 Å². The smallest absolute Gasteiger partial charge is 0.344 e. The van der Waals surface area contributed by atoms with Crippen molar-refractivity contribution in [3.63, 3.8) is 0 Å². The Kier molecular flexibility index (Phi) is 9.00. The number of halogens is 3. The van der Waals surface area contributed by atoms with Crippen LogP contribution in [0.25, 0.3) is 0 Å². The fourth-order valence-corrected chi connectivity index (χ4v) is 3.22. The van der Waals surface area contributed by atoms with E-state index in [0.29, 0.717) is 19.3 Å². The van der Waals surface area contributed by atoms with Gasteiger partial charge in [0.25, 0.3) is 0 Å². The van der Waals surface area contributed by atoms with E-state index in [4.69, 9.17) is 5.21 Å². The molecule has 5 N–H and O–H groups in total. The highest BCUT2D eigenvalue weighted by Crippen LogP contribution is 2.30. The van der Waals surface area contributed by atoms with E-state index in [1.54, 1.807) is 0 Å². The average molecular weight is 458 g/mol. The molecule has 1 aromatic carbocycles. The monoisotopic (exact) mass is 458 g/mol. The van der Waals surface area contributed by atoms with E-state index in [9.17, 15) is 32.3 Å². The van der Waals surface area contributed by atoms with Crippen molar-refractivity contribution in [3.8, 4) is 0 Å². The topological polar surface area (TPSA) is 137 Å². The first-order chi connectivity index (χ1) is 15.1. The third-order valence-corrected chi connectivity index (χ3v) is 4.92. The number of rotatable bonds is 10. The van der Waals surface area contributed by atoms with E-state index in [1.807, 2.05) is 0 Å². The fourth-order valence-electron chi connectivity index (χ4n) is 3.22. The summed E-state index contributed by atoms with van der Waals surface area (Å²) < 4.78 is 38.7. The normalized spacial score (nSPS) is 16.8. The lowest BCUT2D eigenvalue weighted by molar-refractivity contribution is -0.137.